The molecule has 0 radical (unpaired) electrons. The van der Waals surface area contributed by atoms with Gasteiger partial charge in [0.25, 0.3) is 5.91 Å². The molecule has 5 nitrogen and oxygen atoms in total. The summed E-state index contributed by atoms with van der Waals surface area (Å²) in [4.78, 5) is 24.4. The summed E-state index contributed by atoms with van der Waals surface area (Å²) in [5.74, 6) is -0.762. The maximum Gasteiger partial charge on any atom is 0.323 e. The van der Waals surface area contributed by atoms with Crippen LogP contribution in [0.1, 0.15) is 12.5 Å². The molecule has 1 aliphatic heterocycles. The summed E-state index contributed by atoms with van der Waals surface area (Å²) in [7, 11) is 0. The van der Waals surface area contributed by atoms with Crippen molar-refractivity contribution in [2.45, 2.75) is 6.92 Å². The topological polar surface area (TPSA) is 66.8 Å². The van der Waals surface area contributed by atoms with Crippen LogP contribution >= 0.6 is 39.9 Å². The number of thioether (sulfide) groups is 1. The van der Waals surface area contributed by atoms with Crippen molar-refractivity contribution in [3.8, 4) is 5.75 Å². The molecule has 0 atom stereocenters. The first-order chi connectivity index (χ1) is 10.4. The fraction of sp³-hybridized carbons (Fsp3) is 0.214. The molecule has 0 spiro atoms. The van der Waals surface area contributed by atoms with E-state index in [4.69, 9.17) is 22.1 Å². The van der Waals surface area contributed by atoms with E-state index in [1.54, 1.807) is 12.1 Å². The van der Waals surface area contributed by atoms with E-state index in [1.165, 1.54) is 0 Å². The Morgan fingerprint density at radius 1 is 1.55 bits per heavy atom. The highest BCUT2D eigenvalue weighted by Gasteiger charge is 2.33. The van der Waals surface area contributed by atoms with Gasteiger partial charge in [-0.25, -0.2) is 0 Å². The number of thiocarbonyl (C=S) groups is 1. The molecule has 1 amide bonds. The second-order valence-electron chi connectivity index (χ2n) is 4.28. The van der Waals surface area contributed by atoms with Crippen molar-refractivity contribution in [1.29, 1.82) is 0 Å². The molecule has 8 heteroatoms. The van der Waals surface area contributed by atoms with Gasteiger partial charge in [0, 0.05) is 0 Å². The van der Waals surface area contributed by atoms with Crippen LogP contribution in [0.4, 0.5) is 0 Å². The molecular weight excluding hydrogens is 390 g/mol. The smallest absolute Gasteiger partial charge is 0.323 e. The number of carbonyl (C=O) groups is 2. The van der Waals surface area contributed by atoms with E-state index in [9.17, 15) is 9.59 Å². The molecule has 1 aliphatic rings. The Balaban J connectivity index is 2.23. The van der Waals surface area contributed by atoms with E-state index in [-0.39, 0.29) is 10.2 Å². The molecule has 2 rings (SSSR count). The first kappa shape index (κ1) is 17.0. The fourth-order valence-corrected chi connectivity index (χ4v) is 3.57. The molecule has 0 bridgehead atoms. The lowest BCUT2D eigenvalue weighted by Crippen LogP contribution is -2.33. The average molecular weight is 402 g/mol. The molecule has 1 aromatic carbocycles. The van der Waals surface area contributed by atoms with Crippen LogP contribution in [0.5, 0.6) is 5.75 Å². The number of ether oxygens (including phenoxy) is 1. The van der Waals surface area contributed by atoms with Gasteiger partial charge in [0.2, 0.25) is 0 Å². The van der Waals surface area contributed by atoms with Crippen LogP contribution in [-0.2, 0) is 9.59 Å². The van der Waals surface area contributed by atoms with E-state index in [2.05, 4.69) is 15.9 Å². The summed E-state index contributed by atoms with van der Waals surface area (Å²) in [6, 6.07) is 5.45. The van der Waals surface area contributed by atoms with E-state index in [0.29, 0.717) is 11.5 Å². The summed E-state index contributed by atoms with van der Waals surface area (Å²) in [5, 5.41) is 8.80. The van der Waals surface area contributed by atoms with Crippen LogP contribution in [0.25, 0.3) is 6.08 Å². The Morgan fingerprint density at radius 3 is 2.86 bits per heavy atom. The molecule has 0 aliphatic carbocycles. The van der Waals surface area contributed by atoms with Gasteiger partial charge in [-0.1, -0.05) is 30.0 Å². The molecule has 1 fully saturated rings. The van der Waals surface area contributed by atoms with Crippen LogP contribution in [0.3, 0.4) is 0 Å². The number of rotatable bonds is 5. The van der Waals surface area contributed by atoms with Gasteiger partial charge in [0.1, 0.15) is 16.6 Å². The Hall–Kier alpha value is -1.38. The van der Waals surface area contributed by atoms with Gasteiger partial charge in [-0.15, -0.1) is 0 Å². The normalized spacial score (nSPS) is 16.5. The molecule has 1 saturated heterocycles. The Bertz CT molecular complexity index is 675. The summed E-state index contributed by atoms with van der Waals surface area (Å²) in [6.07, 6.45) is 1.68. The highest BCUT2D eigenvalue weighted by Crippen LogP contribution is 2.33. The minimum Gasteiger partial charge on any atom is -0.493 e. The van der Waals surface area contributed by atoms with Crippen molar-refractivity contribution in [3.63, 3.8) is 0 Å². The molecular formula is C14H12BrNO4S2. The van der Waals surface area contributed by atoms with Crippen molar-refractivity contribution in [3.05, 3.63) is 33.1 Å². The highest BCUT2D eigenvalue weighted by molar-refractivity contribution is 9.10. The molecule has 0 saturated carbocycles. The van der Waals surface area contributed by atoms with Gasteiger partial charge < -0.3 is 9.84 Å². The lowest BCUT2D eigenvalue weighted by Gasteiger charge is -2.10. The number of hydrogen-bond donors (Lipinski definition) is 1. The summed E-state index contributed by atoms with van der Waals surface area (Å²) in [6.45, 7) is 2.04. The predicted octanol–water partition coefficient (Wildman–Crippen LogP) is 3.13. The van der Waals surface area contributed by atoms with Crippen LogP contribution in [-0.4, -0.2) is 39.4 Å². The van der Waals surface area contributed by atoms with Crippen LogP contribution in [0, 0.1) is 0 Å². The van der Waals surface area contributed by atoms with E-state index >= 15 is 0 Å². The van der Waals surface area contributed by atoms with Gasteiger partial charge in [-0.05, 0) is 46.6 Å². The number of carboxylic acid groups (broad SMARTS) is 1. The van der Waals surface area contributed by atoms with E-state index in [1.807, 2.05) is 19.1 Å². The molecule has 22 heavy (non-hydrogen) atoms. The maximum atomic E-state index is 12.2. The number of carboxylic acids is 1. The number of carbonyl (C=O) groups excluding carboxylic acids is 1. The number of nitrogens with zero attached hydrogens (tertiary/aromatic N) is 1. The zero-order chi connectivity index (χ0) is 16.3. The highest BCUT2D eigenvalue weighted by atomic mass is 79.9. The van der Waals surface area contributed by atoms with Crippen molar-refractivity contribution >= 4 is 62.2 Å². The van der Waals surface area contributed by atoms with Crippen molar-refractivity contribution in [2.24, 2.45) is 0 Å². The number of halogens is 1. The minimum absolute atomic E-state index is 0.253. The first-order valence-electron chi connectivity index (χ1n) is 6.32. The third-order valence-electron chi connectivity index (χ3n) is 2.72. The quantitative estimate of drug-likeness (QED) is 0.603. The second-order valence-corrected chi connectivity index (χ2v) is 6.81. The first-order valence-corrected chi connectivity index (χ1v) is 8.33. The average Bonchev–Trinajstić information content (AvgIpc) is 2.69. The lowest BCUT2D eigenvalue weighted by atomic mass is 10.2. The van der Waals surface area contributed by atoms with Crippen molar-refractivity contribution in [1.82, 2.24) is 4.90 Å². The van der Waals surface area contributed by atoms with Gasteiger partial charge in [0.15, 0.2) is 0 Å². The van der Waals surface area contributed by atoms with E-state index in [0.717, 1.165) is 32.4 Å². The molecule has 1 heterocycles. The second kappa shape index (κ2) is 7.26. The summed E-state index contributed by atoms with van der Waals surface area (Å²) >= 11 is 9.55. The molecule has 0 aromatic heterocycles. The van der Waals surface area contributed by atoms with Crippen LogP contribution < -0.4 is 4.74 Å². The third kappa shape index (κ3) is 3.88. The largest absolute Gasteiger partial charge is 0.493 e. The number of benzene rings is 1. The monoisotopic (exact) mass is 401 g/mol. The molecule has 0 unspecified atom stereocenters. The summed E-state index contributed by atoms with van der Waals surface area (Å²) < 4.78 is 6.46. The SMILES string of the molecule is CCOc1ccc(C=C2SC(=S)N(CC(=O)O)C2=O)cc1Br. The Morgan fingerprint density at radius 2 is 2.27 bits per heavy atom. The number of amides is 1. The van der Waals surface area contributed by atoms with E-state index < -0.39 is 12.5 Å². The Kier molecular flexibility index (Phi) is 5.60. The predicted molar refractivity (Wildman–Crippen MR) is 92.8 cm³/mol. The van der Waals surface area contributed by atoms with Gasteiger partial charge in [-0.2, -0.15) is 0 Å². The van der Waals surface area contributed by atoms with Crippen LogP contribution in [0.15, 0.2) is 27.6 Å². The zero-order valence-electron chi connectivity index (χ0n) is 11.5. The molecule has 116 valence electrons. The summed E-state index contributed by atoms with van der Waals surface area (Å²) in [5.41, 5.74) is 0.797. The number of hydrogen-bond acceptors (Lipinski definition) is 5. The number of aliphatic carboxylic acids is 1. The van der Waals surface area contributed by atoms with Crippen molar-refractivity contribution in [2.75, 3.05) is 13.2 Å². The van der Waals surface area contributed by atoms with Gasteiger partial charge in [0.05, 0.1) is 16.0 Å². The van der Waals surface area contributed by atoms with Crippen LogP contribution in [0.2, 0.25) is 0 Å². The minimum atomic E-state index is -1.10. The maximum absolute atomic E-state index is 12.2. The Labute approximate surface area is 145 Å². The molecule has 1 aromatic rings. The van der Waals surface area contributed by atoms with Crippen molar-refractivity contribution < 1.29 is 19.4 Å². The van der Waals surface area contributed by atoms with Gasteiger partial charge in [-0.3, -0.25) is 14.5 Å². The zero-order valence-corrected chi connectivity index (χ0v) is 14.8. The fourth-order valence-electron chi connectivity index (χ4n) is 1.80. The van der Waals surface area contributed by atoms with Gasteiger partial charge >= 0.3 is 5.97 Å². The lowest BCUT2D eigenvalue weighted by molar-refractivity contribution is -0.140. The standard InChI is InChI=1S/C14H12BrNO4S2/c1-2-20-10-4-3-8(5-9(10)15)6-11-13(19)16(7-12(17)18)14(21)22-11/h3-6H,2,7H2,1H3,(H,17,18). The molecule has 1 N–H and O–H groups in total. The third-order valence-corrected chi connectivity index (χ3v) is 4.72.